The van der Waals surface area contributed by atoms with Crippen LogP contribution in [0.25, 0.3) is 0 Å². The zero-order valence-electron chi connectivity index (χ0n) is 7.25. The Hall–Kier alpha value is -2.02. The van der Waals surface area contributed by atoms with Gasteiger partial charge >= 0.3 is 0 Å². The molecule has 1 aromatic rings. The van der Waals surface area contributed by atoms with Crippen molar-refractivity contribution in [3.8, 4) is 11.8 Å². The second kappa shape index (κ2) is 3.04. The maximum Gasteiger partial charge on any atom is 0.205 e. The quantitative estimate of drug-likeness (QED) is 0.673. The molecule has 1 aliphatic heterocycles. The van der Waals surface area contributed by atoms with Crippen molar-refractivity contribution < 1.29 is 9.13 Å². The first kappa shape index (κ1) is 8.57. The van der Waals surface area contributed by atoms with E-state index in [1.165, 1.54) is 18.2 Å². The highest BCUT2D eigenvalue weighted by Crippen LogP contribution is 2.28. The Morgan fingerprint density at radius 1 is 1.50 bits per heavy atom. The second-order valence-corrected chi connectivity index (χ2v) is 2.99. The molecule has 0 aliphatic carbocycles. The van der Waals surface area contributed by atoms with Crippen LogP contribution in [0.1, 0.15) is 5.56 Å². The highest BCUT2D eigenvalue weighted by molar-refractivity contribution is 5.45. The molecule has 1 heterocycles. The van der Waals surface area contributed by atoms with Gasteiger partial charge in [-0.05, 0) is 18.2 Å². The fourth-order valence-corrected chi connectivity index (χ4v) is 1.34. The van der Waals surface area contributed by atoms with Crippen molar-refractivity contribution in [2.45, 2.75) is 6.42 Å². The van der Waals surface area contributed by atoms with Gasteiger partial charge in [0.15, 0.2) is 0 Å². The third kappa shape index (κ3) is 1.29. The van der Waals surface area contributed by atoms with Crippen molar-refractivity contribution in [3.05, 3.63) is 41.0 Å². The first-order valence-electron chi connectivity index (χ1n) is 4.05. The van der Waals surface area contributed by atoms with E-state index in [2.05, 4.69) is 0 Å². The summed E-state index contributed by atoms with van der Waals surface area (Å²) >= 11 is 0. The van der Waals surface area contributed by atoms with Gasteiger partial charge in [0.25, 0.3) is 0 Å². The van der Waals surface area contributed by atoms with E-state index in [1.807, 2.05) is 6.07 Å². The lowest BCUT2D eigenvalue weighted by Crippen LogP contribution is -2.16. The van der Waals surface area contributed by atoms with E-state index >= 15 is 0 Å². The normalized spacial score (nSPS) is 14.3. The Morgan fingerprint density at radius 2 is 2.29 bits per heavy atom. The Bertz CT molecular complexity index is 460. The maximum absolute atomic E-state index is 12.8. The topological polar surface area (TPSA) is 59.0 Å². The van der Waals surface area contributed by atoms with Crippen molar-refractivity contribution in [2.24, 2.45) is 5.73 Å². The van der Waals surface area contributed by atoms with Gasteiger partial charge in [-0.3, -0.25) is 0 Å². The van der Waals surface area contributed by atoms with Crippen LogP contribution < -0.4 is 10.5 Å². The molecule has 4 heteroatoms. The van der Waals surface area contributed by atoms with E-state index in [0.717, 1.165) is 0 Å². The smallest absolute Gasteiger partial charge is 0.205 e. The lowest BCUT2D eigenvalue weighted by atomic mass is 10.0. The molecule has 70 valence electrons. The first-order valence-corrected chi connectivity index (χ1v) is 4.05. The summed E-state index contributed by atoms with van der Waals surface area (Å²) in [4.78, 5) is 0. The molecule has 0 fully saturated rings. The van der Waals surface area contributed by atoms with Gasteiger partial charge < -0.3 is 10.5 Å². The standard InChI is InChI=1S/C10H7FN2O/c11-8-1-2-9-6(4-8)3-7(5-12)10(13)14-9/h1-2,4H,3,13H2. The van der Waals surface area contributed by atoms with Crippen LogP contribution in [0, 0.1) is 17.1 Å². The van der Waals surface area contributed by atoms with Gasteiger partial charge in [-0.1, -0.05) is 0 Å². The predicted molar refractivity (Wildman–Crippen MR) is 47.6 cm³/mol. The van der Waals surface area contributed by atoms with Crippen LogP contribution in [0.3, 0.4) is 0 Å². The first-order chi connectivity index (χ1) is 6.70. The summed E-state index contributed by atoms with van der Waals surface area (Å²) in [5.41, 5.74) is 6.47. The highest BCUT2D eigenvalue weighted by Gasteiger charge is 2.17. The molecule has 0 atom stereocenters. The number of nitriles is 1. The Kier molecular flexibility index (Phi) is 1.86. The average molecular weight is 190 g/mol. The third-order valence-electron chi connectivity index (χ3n) is 2.04. The van der Waals surface area contributed by atoms with Gasteiger partial charge in [0, 0.05) is 12.0 Å². The average Bonchev–Trinajstić information content (AvgIpc) is 2.17. The van der Waals surface area contributed by atoms with Crippen LogP contribution in [-0.2, 0) is 6.42 Å². The van der Waals surface area contributed by atoms with Crippen molar-refractivity contribution in [2.75, 3.05) is 0 Å². The van der Waals surface area contributed by atoms with Crippen LogP contribution in [0.15, 0.2) is 29.7 Å². The fourth-order valence-electron chi connectivity index (χ4n) is 1.34. The number of nitrogens with zero attached hydrogens (tertiary/aromatic N) is 1. The fraction of sp³-hybridized carbons (Fsp3) is 0.100. The van der Waals surface area contributed by atoms with Crippen LogP contribution in [0.5, 0.6) is 5.75 Å². The molecule has 2 rings (SSSR count). The van der Waals surface area contributed by atoms with E-state index in [1.54, 1.807) is 0 Å². The summed E-state index contributed by atoms with van der Waals surface area (Å²) in [6, 6.07) is 6.07. The van der Waals surface area contributed by atoms with E-state index in [9.17, 15) is 4.39 Å². The SMILES string of the molecule is N#CC1=C(N)Oc2ccc(F)cc2C1. The number of hydrogen-bond donors (Lipinski definition) is 1. The summed E-state index contributed by atoms with van der Waals surface area (Å²) in [5.74, 6) is 0.277. The third-order valence-corrected chi connectivity index (χ3v) is 2.04. The summed E-state index contributed by atoms with van der Waals surface area (Å²) in [6.45, 7) is 0. The molecule has 1 aliphatic rings. The molecule has 0 bridgehead atoms. The molecule has 2 N–H and O–H groups in total. The molecule has 3 nitrogen and oxygen atoms in total. The summed E-state index contributed by atoms with van der Waals surface area (Å²) in [7, 11) is 0. The number of halogens is 1. The summed E-state index contributed by atoms with van der Waals surface area (Å²) < 4.78 is 18.0. The van der Waals surface area contributed by atoms with Gasteiger partial charge in [0.1, 0.15) is 17.6 Å². The van der Waals surface area contributed by atoms with Crippen LogP contribution >= 0.6 is 0 Å². The van der Waals surface area contributed by atoms with Gasteiger partial charge in [-0.2, -0.15) is 5.26 Å². The van der Waals surface area contributed by atoms with E-state index in [0.29, 0.717) is 23.3 Å². The van der Waals surface area contributed by atoms with E-state index in [-0.39, 0.29) is 11.7 Å². The Labute approximate surface area is 80.2 Å². The van der Waals surface area contributed by atoms with Crippen LogP contribution in [0.4, 0.5) is 4.39 Å². The zero-order valence-corrected chi connectivity index (χ0v) is 7.25. The largest absolute Gasteiger partial charge is 0.440 e. The zero-order chi connectivity index (χ0) is 10.1. The lowest BCUT2D eigenvalue weighted by molar-refractivity contribution is 0.398. The molecule has 0 saturated heterocycles. The lowest BCUT2D eigenvalue weighted by Gasteiger charge is -2.17. The molecule has 0 radical (unpaired) electrons. The van der Waals surface area contributed by atoms with Gasteiger partial charge in [0.05, 0.1) is 5.57 Å². The minimum absolute atomic E-state index is 0.103. The van der Waals surface area contributed by atoms with Gasteiger partial charge in [-0.25, -0.2) is 4.39 Å². The second-order valence-electron chi connectivity index (χ2n) is 2.99. The molecule has 0 spiro atoms. The molecular weight excluding hydrogens is 183 g/mol. The number of nitrogens with two attached hydrogens (primary N) is 1. The van der Waals surface area contributed by atoms with Gasteiger partial charge in [-0.15, -0.1) is 0 Å². The Balaban J connectivity index is 2.45. The van der Waals surface area contributed by atoms with Crippen LogP contribution in [-0.4, -0.2) is 0 Å². The number of hydrogen-bond acceptors (Lipinski definition) is 3. The monoisotopic (exact) mass is 190 g/mol. The van der Waals surface area contributed by atoms with Crippen molar-refractivity contribution >= 4 is 0 Å². The molecule has 0 unspecified atom stereocenters. The molecule has 14 heavy (non-hydrogen) atoms. The molecule has 0 amide bonds. The predicted octanol–water partition coefficient (Wildman–Crippen LogP) is 1.45. The molecular formula is C10H7FN2O. The minimum Gasteiger partial charge on any atom is -0.440 e. The molecule has 1 aromatic carbocycles. The Morgan fingerprint density at radius 3 is 3.00 bits per heavy atom. The maximum atomic E-state index is 12.8. The summed E-state index contributed by atoms with van der Waals surface area (Å²) in [5, 5.41) is 8.69. The van der Waals surface area contributed by atoms with Crippen molar-refractivity contribution in [1.29, 1.82) is 5.26 Å². The van der Waals surface area contributed by atoms with Gasteiger partial charge in [0.2, 0.25) is 5.88 Å². The highest BCUT2D eigenvalue weighted by atomic mass is 19.1. The molecule has 0 saturated carbocycles. The summed E-state index contributed by atoms with van der Waals surface area (Å²) in [6.07, 6.45) is 0.329. The minimum atomic E-state index is -0.342. The number of benzene rings is 1. The van der Waals surface area contributed by atoms with Crippen molar-refractivity contribution in [3.63, 3.8) is 0 Å². The van der Waals surface area contributed by atoms with Crippen molar-refractivity contribution in [1.82, 2.24) is 0 Å². The molecule has 0 aromatic heterocycles. The number of rotatable bonds is 0. The van der Waals surface area contributed by atoms with E-state index < -0.39 is 0 Å². The van der Waals surface area contributed by atoms with E-state index in [4.69, 9.17) is 15.7 Å². The number of ether oxygens (including phenoxy) is 1. The number of fused-ring (bicyclic) bond motifs is 1. The number of allylic oxidation sites excluding steroid dienone is 1. The van der Waals surface area contributed by atoms with Crippen LogP contribution in [0.2, 0.25) is 0 Å².